The van der Waals surface area contributed by atoms with Crippen LogP contribution < -0.4 is 0 Å². The lowest BCUT2D eigenvalue weighted by molar-refractivity contribution is -0.0298. The third-order valence-electron chi connectivity index (χ3n) is 6.50. The molecule has 7 nitrogen and oxygen atoms in total. The van der Waals surface area contributed by atoms with Crippen LogP contribution in [0.4, 0.5) is 4.79 Å². The predicted molar refractivity (Wildman–Crippen MR) is 108 cm³/mol. The van der Waals surface area contributed by atoms with Crippen molar-refractivity contribution in [2.75, 3.05) is 33.8 Å². The third kappa shape index (κ3) is 4.69. The van der Waals surface area contributed by atoms with Crippen LogP contribution in [0.2, 0.25) is 0 Å². The molecule has 7 heteroatoms. The smallest absolute Gasteiger partial charge is 0.407 e. The summed E-state index contributed by atoms with van der Waals surface area (Å²) >= 11 is 0. The van der Waals surface area contributed by atoms with Gasteiger partial charge in [-0.05, 0) is 44.6 Å². The summed E-state index contributed by atoms with van der Waals surface area (Å²) in [5.74, 6) is 0.524. The Morgan fingerprint density at radius 1 is 1.32 bits per heavy atom. The van der Waals surface area contributed by atoms with E-state index in [0.29, 0.717) is 24.4 Å². The summed E-state index contributed by atoms with van der Waals surface area (Å²) in [6.45, 7) is 7.50. The molecule has 2 aliphatic rings. The van der Waals surface area contributed by atoms with Crippen molar-refractivity contribution in [3.8, 4) is 0 Å². The molecule has 1 aromatic heterocycles. The molecule has 1 spiro atoms. The number of aryl methyl sites for hydroxylation is 1. The largest absolute Gasteiger partial charge is 0.465 e. The van der Waals surface area contributed by atoms with Crippen LogP contribution in [0.1, 0.15) is 63.1 Å². The predicted octanol–water partition coefficient (Wildman–Crippen LogP) is 3.30. The van der Waals surface area contributed by atoms with Crippen molar-refractivity contribution in [1.82, 2.24) is 19.6 Å². The first kappa shape index (κ1) is 21.1. The van der Waals surface area contributed by atoms with Crippen molar-refractivity contribution in [1.29, 1.82) is 0 Å². The van der Waals surface area contributed by atoms with E-state index in [1.807, 2.05) is 25.0 Å². The lowest BCUT2D eigenvalue weighted by Crippen LogP contribution is -2.35. The standard InChI is InChI=1S/C21H36N4O3/c1-20(2)14-21(28-15-20)8-6-16(7-9-21)18-17(12-22-25(18)5)13-23(3)10-11-24(4)19(26)27/h12,16H,6-11,13-15H2,1-5H3,(H,26,27). The van der Waals surface area contributed by atoms with Gasteiger partial charge in [-0.25, -0.2) is 4.79 Å². The molecule has 1 saturated carbocycles. The molecule has 1 aromatic rings. The maximum Gasteiger partial charge on any atom is 0.407 e. The van der Waals surface area contributed by atoms with Crippen LogP contribution >= 0.6 is 0 Å². The number of likely N-dealkylation sites (N-methyl/N-ethyl adjacent to an activating group) is 2. The summed E-state index contributed by atoms with van der Waals surface area (Å²) in [4.78, 5) is 14.5. The van der Waals surface area contributed by atoms with E-state index >= 15 is 0 Å². The van der Waals surface area contributed by atoms with Gasteiger partial charge in [0, 0.05) is 50.9 Å². The van der Waals surface area contributed by atoms with Gasteiger partial charge in [0.15, 0.2) is 0 Å². The number of hydrogen-bond acceptors (Lipinski definition) is 4. The summed E-state index contributed by atoms with van der Waals surface area (Å²) in [5.41, 5.74) is 3.00. The number of aromatic nitrogens is 2. The first-order valence-electron chi connectivity index (χ1n) is 10.4. The van der Waals surface area contributed by atoms with E-state index in [1.165, 1.54) is 22.6 Å². The molecule has 0 bridgehead atoms. The minimum Gasteiger partial charge on any atom is -0.465 e. The molecule has 1 amide bonds. The van der Waals surface area contributed by atoms with E-state index in [4.69, 9.17) is 9.84 Å². The number of carboxylic acid groups (broad SMARTS) is 1. The van der Waals surface area contributed by atoms with E-state index < -0.39 is 6.09 Å². The molecule has 158 valence electrons. The highest BCUT2D eigenvalue weighted by Crippen LogP contribution is 2.50. The number of amides is 1. The molecule has 1 saturated heterocycles. The lowest BCUT2D eigenvalue weighted by Gasteiger charge is -2.37. The van der Waals surface area contributed by atoms with Crippen molar-refractivity contribution in [3.63, 3.8) is 0 Å². The molecular formula is C21H36N4O3. The first-order valence-corrected chi connectivity index (χ1v) is 10.4. The molecule has 0 unspecified atom stereocenters. The SMILES string of the molecule is CN(CCN(C)C(=O)O)Cc1cnn(C)c1C1CCC2(CC1)CC(C)(C)CO2. The number of rotatable bonds is 6. The van der Waals surface area contributed by atoms with Gasteiger partial charge in [0.25, 0.3) is 0 Å². The van der Waals surface area contributed by atoms with Crippen LogP contribution in [0.15, 0.2) is 6.20 Å². The van der Waals surface area contributed by atoms with Gasteiger partial charge in [0.05, 0.1) is 18.4 Å². The van der Waals surface area contributed by atoms with Crippen molar-refractivity contribution in [2.45, 2.75) is 64.0 Å². The van der Waals surface area contributed by atoms with Gasteiger partial charge in [-0.3, -0.25) is 4.68 Å². The van der Waals surface area contributed by atoms with E-state index in [0.717, 1.165) is 38.8 Å². The van der Waals surface area contributed by atoms with Crippen LogP contribution in [0, 0.1) is 5.41 Å². The number of hydrogen-bond donors (Lipinski definition) is 1. The van der Waals surface area contributed by atoms with Gasteiger partial charge >= 0.3 is 6.09 Å². The van der Waals surface area contributed by atoms with Gasteiger partial charge in [0.2, 0.25) is 0 Å². The highest BCUT2D eigenvalue weighted by molar-refractivity contribution is 5.64. The second-order valence-electron chi connectivity index (χ2n) is 9.71. The van der Waals surface area contributed by atoms with Crippen molar-refractivity contribution < 1.29 is 14.6 Å². The fourth-order valence-corrected chi connectivity index (χ4v) is 4.99. The second-order valence-corrected chi connectivity index (χ2v) is 9.71. The van der Waals surface area contributed by atoms with Crippen LogP contribution in [0.3, 0.4) is 0 Å². The molecule has 0 atom stereocenters. The fraction of sp³-hybridized carbons (Fsp3) is 0.810. The van der Waals surface area contributed by atoms with E-state index in [9.17, 15) is 4.79 Å². The summed E-state index contributed by atoms with van der Waals surface area (Å²) < 4.78 is 8.31. The Kier molecular flexibility index (Phi) is 6.05. The van der Waals surface area contributed by atoms with E-state index in [1.54, 1.807) is 7.05 Å². The molecule has 2 fully saturated rings. The fourth-order valence-electron chi connectivity index (χ4n) is 4.99. The van der Waals surface area contributed by atoms with Crippen LogP contribution in [0.25, 0.3) is 0 Å². The molecular weight excluding hydrogens is 356 g/mol. The highest BCUT2D eigenvalue weighted by atomic mass is 16.5. The Labute approximate surface area is 168 Å². The summed E-state index contributed by atoms with van der Waals surface area (Å²) in [6.07, 6.45) is 6.82. The Balaban J connectivity index is 1.60. The zero-order chi connectivity index (χ0) is 20.5. The average molecular weight is 393 g/mol. The van der Waals surface area contributed by atoms with Crippen molar-refractivity contribution in [3.05, 3.63) is 17.5 Å². The Morgan fingerprint density at radius 2 is 2.00 bits per heavy atom. The minimum atomic E-state index is -0.885. The number of nitrogens with zero attached hydrogens (tertiary/aromatic N) is 4. The highest BCUT2D eigenvalue weighted by Gasteiger charge is 2.46. The van der Waals surface area contributed by atoms with Crippen molar-refractivity contribution in [2.24, 2.45) is 12.5 Å². The lowest BCUT2D eigenvalue weighted by atomic mass is 9.72. The Bertz CT molecular complexity index is 692. The van der Waals surface area contributed by atoms with Gasteiger partial charge in [-0.1, -0.05) is 13.8 Å². The van der Waals surface area contributed by atoms with E-state index in [2.05, 4.69) is 23.8 Å². The summed E-state index contributed by atoms with van der Waals surface area (Å²) in [7, 11) is 5.68. The molecule has 28 heavy (non-hydrogen) atoms. The maximum atomic E-state index is 11.0. The average Bonchev–Trinajstić information content (AvgIpc) is 3.13. The summed E-state index contributed by atoms with van der Waals surface area (Å²) in [6, 6.07) is 0. The van der Waals surface area contributed by atoms with Gasteiger partial charge in [-0.15, -0.1) is 0 Å². The van der Waals surface area contributed by atoms with Crippen LogP contribution in [-0.2, 0) is 18.3 Å². The molecule has 0 aromatic carbocycles. The first-order chi connectivity index (χ1) is 13.1. The van der Waals surface area contributed by atoms with Crippen LogP contribution in [-0.4, -0.2) is 70.2 Å². The topological polar surface area (TPSA) is 70.8 Å². The zero-order valence-corrected chi connectivity index (χ0v) is 18.1. The Hall–Kier alpha value is -1.60. The molecule has 0 radical (unpaired) electrons. The summed E-state index contributed by atoms with van der Waals surface area (Å²) in [5, 5.41) is 13.5. The molecule has 2 heterocycles. The molecule has 1 aliphatic carbocycles. The molecule has 1 aliphatic heterocycles. The van der Waals surface area contributed by atoms with Crippen molar-refractivity contribution >= 4 is 6.09 Å². The minimum absolute atomic E-state index is 0.0942. The molecule has 1 N–H and O–H groups in total. The Morgan fingerprint density at radius 3 is 2.57 bits per heavy atom. The molecule has 3 rings (SSSR count). The quantitative estimate of drug-likeness (QED) is 0.804. The normalized spacial score (nSPS) is 26.9. The third-order valence-corrected chi connectivity index (χ3v) is 6.50. The maximum absolute atomic E-state index is 11.0. The van der Waals surface area contributed by atoms with Gasteiger partial charge < -0.3 is 19.6 Å². The van der Waals surface area contributed by atoms with Gasteiger partial charge in [-0.2, -0.15) is 5.10 Å². The second kappa shape index (κ2) is 8.03. The number of carbonyl (C=O) groups is 1. The monoisotopic (exact) mass is 392 g/mol. The van der Waals surface area contributed by atoms with Crippen LogP contribution in [0.5, 0.6) is 0 Å². The number of ether oxygens (including phenoxy) is 1. The van der Waals surface area contributed by atoms with E-state index in [-0.39, 0.29) is 5.60 Å². The van der Waals surface area contributed by atoms with Gasteiger partial charge in [0.1, 0.15) is 0 Å². The zero-order valence-electron chi connectivity index (χ0n) is 18.1.